The van der Waals surface area contributed by atoms with Gasteiger partial charge in [0, 0.05) is 16.8 Å². The Labute approximate surface area is 162 Å². The second-order valence-electron chi connectivity index (χ2n) is 8.13. The molecule has 0 fully saturated rings. The lowest BCUT2D eigenvalue weighted by Gasteiger charge is -2.20. The number of hydrogen-bond acceptors (Lipinski definition) is 3. The molecule has 0 aliphatic heterocycles. The van der Waals surface area contributed by atoms with Crippen LogP contribution in [0.2, 0.25) is 0 Å². The van der Waals surface area contributed by atoms with Crippen LogP contribution in [0.25, 0.3) is 0 Å². The molecule has 0 bridgehead atoms. The third-order valence-corrected chi connectivity index (χ3v) is 5.46. The third-order valence-electron chi connectivity index (χ3n) is 3.70. The maximum atomic E-state index is 12.5. The summed E-state index contributed by atoms with van der Waals surface area (Å²) in [5.41, 5.74) is 1.56. The van der Waals surface area contributed by atoms with E-state index < -0.39 is 15.6 Å². The van der Waals surface area contributed by atoms with Gasteiger partial charge in [-0.3, -0.25) is 4.79 Å². The van der Waals surface area contributed by atoms with E-state index in [4.69, 9.17) is 0 Å². The van der Waals surface area contributed by atoms with Crippen LogP contribution in [-0.2, 0) is 16.4 Å². The van der Waals surface area contributed by atoms with Crippen LogP contribution in [0.15, 0.2) is 53.4 Å². The number of carbonyl (C=O) groups excluding carboxylic acids is 1. The van der Waals surface area contributed by atoms with E-state index in [1.165, 1.54) is 17.7 Å². The van der Waals surface area contributed by atoms with Gasteiger partial charge in [0.05, 0.1) is 4.90 Å². The molecule has 2 aromatic rings. The first-order valence-corrected chi connectivity index (χ1v) is 10.5. The average Bonchev–Trinajstić information content (AvgIpc) is 2.53. The normalized spacial score (nSPS) is 12.2. The Morgan fingerprint density at radius 2 is 1.67 bits per heavy atom. The second kappa shape index (κ2) is 8.23. The van der Waals surface area contributed by atoms with Crippen molar-refractivity contribution in [2.24, 2.45) is 5.92 Å². The van der Waals surface area contributed by atoms with Crippen molar-refractivity contribution in [3.8, 4) is 0 Å². The van der Waals surface area contributed by atoms with Gasteiger partial charge in [0.2, 0.25) is 10.0 Å². The van der Waals surface area contributed by atoms with Gasteiger partial charge in [-0.15, -0.1) is 0 Å². The van der Waals surface area contributed by atoms with Crippen LogP contribution in [-0.4, -0.2) is 19.9 Å². The van der Waals surface area contributed by atoms with Gasteiger partial charge in [0.1, 0.15) is 0 Å². The number of rotatable bonds is 6. The molecule has 6 heteroatoms. The number of anilines is 1. The number of amides is 1. The fourth-order valence-corrected chi connectivity index (χ4v) is 4.13. The van der Waals surface area contributed by atoms with Crippen molar-refractivity contribution in [2.75, 3.05) is 5.32 Å². The lowest BCUT2D eigenvalue weighted by molar-refractivity contribution is 0.102. The van der Waals surface area contributed by atoms with Crippen molar-refractivity contribution >= 4 is 21.6 Å². The highest BCUT2D eigenvalue weighted by molar-refractivity contribution is 7.89. The molecule has 2 rings (SSSR count). The molecule has 5 nitrogen and oxygen atoms in total. The summed E-state index contributed by atoms with van der Waals surface area (Å²) in [6.45, 7) is 9.63. The molecular weight excluding hydrogens is 360 g/mol. The van der Waals surface area contributed by atoms with Crippen LogP contribution >= 0.6 is 0 Å². The Kier molecular flexibility index (Phi) is 6.44. The lowest BCUT2D eigenvalue weighted by Crippen LogP contribution is -2.40. The fraction of sp³-hybridized carbons (Fsp3) is 0.381. The van der Waals surface area contributed by atoms with Crippen molar-refractivity contribution in [1.29, 1.82) is 0 Å². The Balaban J connectivity index is 2.15. The average molecular weight is 389 g/mol. The molecule has 0 heterocycles. The smallest absolute Gasteiger partial charge is 0.255 e. The molecule has 2 aromatic carbocycles. The van der Waals surface area contributed by atoms with Crippen molar-refractivity contribution < 1.29 is 13.2 Å². The molecule has 0 radical (unpaired) electrons. The summed E-state index contributed by atoms with van der Waals surface area (Å²) in [5, 5.41) is 2.76. The minimum Gasteiger partial charge on any atom is -0.322 e. The molecule has 0 aromatic heterocycles. The van der Waals surface area contributed by atoms with Crippen molar-refractivity contribution in [3.63, 3.8) is 0 Å². The maximum absolute atomic E-state index is 12.5. The zero-order chi connectivity index (χ0) is 20.2. The SMILES string of the molecule is CC(C)Cc1ccc(C(=O)Nc2cccc(S(=O)(=O)NC(C)(C)C)c2)cc1. The summed E-state index contributed by atoms with van der Waals surface area (Å²) in [5.74, 6) is 0.278. The van der Waals surface area contributed by atoms with Crippen LogP contribution in [0.4, 0.5) is 5.69 Å². The number of sulfonamides is 1. The summed E-state index contributed by atoms with van der Waals surface area (Å²) in [6.07, 6.45) is 0.961. The van der Waals surface area contributed by atoms with Crippen LogP contribution in [0, 0.1) is 5.92 Å². The first-order valence-electron chi connectivity index (χ1n) is 9.00. The van der Waals surface area contributed by atoms with Crippen molar-refractivity contribution in [2.45, 2.75) is 51.5 Å². The molecule has 0 unspecified atom stereocenters. The molecule has 0 spiro atoms. The molecular formula is C21H28N2O3S. The second-order valence-corrected chi connectivity index (χ2v) is 9.81. The number of hydrogen-bond donors (Lipinski definition) is 2. The topological polar surface area (TPSA) is 75.3 Å². The minimum atomic E-state index is -3.66. The lowest BCUT2D eigenvalue weighted by atomic mass is 10.0. The molecule has 0 aliphatic rings. The summed E-state index contributed by atoms with van der Waals surface area (Å²) in [6, 6.07) is 13.7. The Morgan fingerprint density at radius 3 is 2.22 bits per heavy atom. The van der Waals surface area contributed by atoms with Gasteiger partial charge in [0.15, 0.2) is 0 Å². The molecule has 27 heavy (non-hydrogen) atoms. The predicted octanol–water partition coefficient (Wildman–Crippen LogP) is 4.21. The zero-order valence-electron chi connectivity index (χ0n) is 16.5. The van der Waals surface area contributed by atoms with Gasteiger partial charge < -0.3 is 5.32 Å². The third kappa shape index (κ3) is 6.48. The summed E-state index contributed by atoms with van der Waals surface area (Å²) < 4.78 is 27.5. The van der Waals surface area contributed by atoms with Crippen molar-refractivity contribution in [1.82, 2.24) is 4.72 Å². The Hall–Kier alpha value is -2.18. The first-order chi connectivity index (χ1) is 12.5. The molecule has 0 saturated heterocycles. The highest BCUT2D eigenvalue weighted by Gasteiger charge is 2.22. The molecule has 0 atom stereocenters. The molecule has 146 valence electrons. The predicted molar refractivity (Wildman–Crippen MR) is 109 cm³/mol. The van der Waals surface area contributed by atoms with E-state index in [-0.39, 0.29) is 10.8 Å². The van der Waals surface area contributed by atoms with Crippen LogP contribution in [0.1, 0.15) is 50.5 Å². The van der Waals surface area contributed by atoms with Gasteiger partial charge in [0.25, 0.3) is 5.91 Å². The highest BCUT2D eigenvalue weighted by Crippen LogP contribution is 2.18. The molecule has 0 aliphatic carbocycles. The largest absolute Gasteiger partial charge is 0.322 e. The maximum Gasteiger partial charge on any atom is 0.255 e. The van der Waals surface area contributed by atoms with E-state index >= 15 is 0 Å². The van der Waals surface area contributed by atoms with E-state index in [9.17, 15) is 13.2 Å². The quantitative estimate of drug-likeness (QED) is 0.778. The summed E-state index contributed by atoms with van der Waals surface area (Å²) in [4.78, 5) is 12.6. The van der Waals surface area contributed by atoms with E-state index in [2.05, 4.69) is 23.9 Å². The van der Waals surface area contributed by atoms with E-state index in [0.717, 1.165) is 6.42 Å². The molecule has 0 saturated carbocycles. The zero-order valence-corrected chi connectivity index (χ0v) is 17.4. The minimum absolute atomic E-state index is 0.113. The molecule has 2 N–H and O–H groups in total. The van der Waals surface area contributed by atoms with Crippen molar-refractivity contribution in [3.05, 3.63) is 59.7 Å². The Bertz CT molecular complexity index is 896. The number of benzene rings is 2. The monoisotopic (exact) mass is 388 g/mol. The Morgan fingerprint density at radius 1 is 1.04 bits per heavy atom. The highest BCUT2D eigenvalue weighted by atomic mass is 32.2. The van der Waals surface area contributed by atoms with E-state index in [0.29, 0.717) is 17.2 Å². The fourth-order valence-electron chi connectivity index (χ4n) is 2.67. The van der Waals surface area contributed by atoms with E-state index in [1.54, 1.807) is 45.0 Å². The standard InChI is InChI=1S/C21H28N2O3S/c1-15(2)13-16-9-11-17(12-10-16)20(24)22-18-7-6-8-19(14-18)27(25,26)23-21(3,4)5/h6-12,14-15,23H,13H2,1-5H3,(H,22,24). The molecule has 1 amide bonds. The van der Waals surface area contributed by atoms with Gasteiger partial charge in [-0.05, 0) is 69.0 Å². The van der Waals surface area contributed by atoms with Crippen LogP contribution in [0.3, 0.4) is 0 Å². The number of carbonyl (C=O) groups is 1. The van der Waals surface area contributed by atoms with Gasteiger partial charge in [-0.2, -0.15) is 0 Å². The van der Waals surface area contributed by atoms with Gasteiger partial charge >= 0.3 is 0 Å². The summed E-state index contributed by atoms with van der Waals surface area (Å²) in [7, 11) is -3.66. The summed E-state index contributed by atoms with van der Waals surface area (Å²) >= 11 is 0. The van der Waals surface area contributed by atoms with Gasteiger partial charge in [-0.25, -0.2) is 13.1 Å². The van der Waals surface area contributed by atoms with Gasteiger partial charge in [-0.1, -0.05) is 32.0 Å². The van der Waals surface area contributed by atoms with Crippen LogP contribution < -0.4 is 10.0 Å². The number of nitrogens with one attached hydrogen (secondary N) is 2. The van der Waals surface area contributed by atoms with Crippen LogP contribution in [0.5, 0.6) is 0 Å². The first kappa shape index (κ1) is 21.1. The van der Waals surface area contributed by atoms with E-state index in [1.807, 2.05) is 12.1 Å².